The number of nitrogens with zero attached hydrogens (tertiary/aromatic N) is 3. The third-order valence-electron chi connectivity index (χ3n) is 5.74. The third kappa shape index (κ3) is 4.21. The molecule has 2 aromatic carbocycles. The van der Waals surface area contributed by atoms with E-state index in [9.17, 15) is 13.2 Å². The molecular formula is C25H18BrF3N4S. The molecule has 2 atom stereocenters. The highest BCUT2D eigenvalue weighted by Gasteiger charge is 2.42. The van der Waals surface area contributed by atoms with Gasteiger partial charge in [-0.3, -0.25) is 4.98 Å². The predicted molar refractivity (Wildman–Crippen MR) is 133 cm³/mol. The molecule has 1 N–H and O–H groups in total. The van der Waals surface area contributed by atoms with Crippen LogP contribution in [0.3, 0.4) is 0 Å². The van der Waals surface area contributed by atoms with Gasteiger partial charge in [-0.15, -0.1) is 0 Å². The monoisotopic (exact) mass is 542 g/mol. The fraction of sp³-hybridized carbons (Fsp3) is 0.120. The summed E-state index contributed by atoms with van der Waals surface area (Å²) in [4.78, 5) is 6.52. The lowest BCUT2D eigenvalue weighted by atomic mass is 10.0. The van der Waals surface area contributed by atoms with Gasteiger partial charge in [0, 0.05) is 33.9 Å². The minimum Gasteiger partial charge on any atom is -0.351 e. The Morgan fingerprint density at radius 2 is 1.71 bits per heavy atom. The molecule has 1 fully saturated rings. The Kier molecular flexibility index (Phi) is 5.91. The molecule has 0 radical (unpaired) electrons. The van der Waals surface area contributed by atoms with E-state index < -0.39 is 11.7 Å². The second kappa shape index (κ2) is 8.88. The highest BCUT2D eigenvalue weighted by molar-refractivity contribution is 9.10. The average Bonchev–Trinajstić information content (AvgIpc) is 3.44. The van der Waals surface area contributed by atoms with E-state index in [1.165, 1.54) is 6.07 Å². The maximum absolute atomic E-state index is 13.4. The summed E-state index contributed by atoms with van der Waals surface area (Å²) < 4.78 is 42.9. The Balaban J connectivity index is 1.66. The maximum Gasteiger partial charge on any atom is 0.416 e. The molecule has 3 heterocycles. The summed E-state index contributed by atoms with van der Waals surface area (Å²) in [6.45, 7) is 0. The van der Waals surface area contributed by atoms with Crippen molar-refractivity contribution in [1.82, 2.24) is 14.9 Å². The van der Waals surface area contributed by atoms with Crippen LogP contribution in [0.25, 0.3) is 5.69 Å². The summed E-state index contributed by atoms with van der Waals surface area (Å²) in [6, 6.07) is 21.8. The second-order valence-corrected chi connectivity index (χ2v) is 9.13. The van der Waals surface area contributed by atoms with Gasteiger partial charge < -0.3 is 14.8 Å². The zero-order valence-corrected chi connectivity index (χ0v) is 20.0. The zero-order chi connectivity index (χ0) is 23.9. The van der Waals surface area contributed by atoms with E-state index in [0.717, 1.165) is 33.7 Å². The molecular weight excluding hydrogens is 525 g/mol. The molecule has 1 aliphatic rings. The van der Waals surface area contributed by atoms with Crippen LogP contribution in [0.15, 0.2) is 95.7 Å². The molecule has 4 aromatic rings. The fourth-order valence-corrected chi connectivity index (χ4v) is 4.85. The molecule has 0 aliphatic carbocycles. The Labute approximate surface area is 208 Å². The first-order chi connectivity index (χ1) is 16.3. The summed E-state index contributed by atoms with van der Waals surface area (Å²) in [6.07, 6.45) is -0.952. The standard InChI is InChI=1S/C25H18BrF3N4S/c26-17-9-11-18(12-10-17)33-23(22(31-24(33)34)20-7-1-2-13-30-20)21-8-4-14-32(21)19-6-3-5-16(15-19)25(27,28)29/h1-15,22-23H,(H,31,34)/t22-,23+/m0/s1. The van der Waals surface area contributed by atoms with Gasteiger partial charge in [0.1, 0.15) is 6.04 Å². The molecule has 34 heavy (non-hydrogen) atoms. The van der Waals surface area contributed by atoms with E-state index in [1.807, 2.05) is 59.5 Å². The Morgan fingerprint density at radius 3 is 2.41 bits per heavy atom. The molecule has 1 aliphatic heterocycles. The Hall–Kier alpha value is -3.17. The van der Waals surface area contributed by atoms with Gasteiger partial charge in [0.2, 0.25) is 0 Å². The van der Waals surface area contributed by atoms with Gasteiger partial charge in [-0.25, -0.2) is 0 Å². The van der Waals surface area contributed by atoms with Gasteiger partial charge in [-0.2, -0.15) is 13.2 Å². The van der Waals surface area contributed by atoms with Crippen molar-refractivity contribution in [3.63, 3.8) is 0 Å². The molecule has 0 unspecified atom stereocenters. The normalized spacial score (nSPS) is 18.2. The van der Waals surface area contributed by atoms with Crippen molar-refractivity contribution < 1.29 is 13.2 Å². The van der Waals surface area contributed by atoms with Gasteiger partial charge >= 0.3 is 6.18 Å². The average molecular weight is 543 g/mol. The minimum atomic E-state index is -4.43. The van der Waals surface area contributed by atoms with E-state index in [2.05, 4.69) is 26.2 Å². The predicted octanol–water partition coefficient (Wildman–Crippen LogP) is 6.83. The number of hydrogen-bond donors (Lipinski definition) is 1. The number of alkyl halides is 3. The summed E-state index contributed by atoms with van der Waals surface area (Å²) in [5.74, 6) is 0. The van der Waals surface area contributed by atoms with Gasteiger partial charge in [0.25, 0.3) is 0 Å². The number of benzene rings is 2. The van der Waals surface area contributed by atoms with Crippen LogP contribution in [-0.4, -0.2) is 14.7 Å². The first-order valence-corrected chi connectivity index (χ1v) is 11.6. The molecule has 0 spiro atoms. The molecule has 5 rings (SSSR count). The van der Waals surface area contributed by atoms with Crippen LogP contribution in [-0.2, 0) is 6.18 Å². The lowest BCUT2D eigenvalue weighted by Crippen LogP contribution is -2.30. The number of halogens is 4. The third-order valence-corrected chi connectivity index (χ3v) is 6.58. The second-order valence-electron chi connectivity index (χ2n) is 7.82. The van der Waals surface area contributed by atoms with Crippen LogP contribution in [0.2, 0.25) is 0 Å². The van der Waals surface area contributed by atoms with Crippen molar-refractivity contribution >= 4 is 38.9 Å². The first-order valence-electron chi connectivity index (χ1n) is 10.4. The molecule has 0 amide bonds. The smallest absolute Gasteiger partial charge is 0.351 e. The molecule has 0 saturated carbocycles. The van der Waals surface area contributed by atoms with Crippen LogP contribution in [0.5, 0.6) is 0 Å². The molecule has 1 saturated heterocycles. The van der Waals surface area contributed by atoms with Crippen LogP contribution < -0.4 is 10.2 Å². The van der Waals surface area contributed by atoms with Crippen LogP contribution in [0.1, 0.15) is 29.0 Å². The van der Waals surface area contributed by atoms with E-state index in [-0.39, 0.29) is 12.1 Å². The maximum atomic E-state index is 13.4. The van der Waals surface area contributed by atoms with Crippen molar-refractivity contribution in [3.05, 3.63) is 113 Å². The largest absolute Gasteiger partial charge is 0.416 e. The van der Waals surface area contributed by atoms with E-state index in [1.54, 1.807) is 23.0 Å². The number of pyridine rings is 1. The summed E-state index contributed by atoms with van der Waals surface area (Å²) >= 11 is 9.19. The number of thiocarbonyl (C=S) groups is 1. The fourth-order valence-electron chi connectivity index (χ4n) is 4.24. The zero-order valence-electron chi connectivity index (χ0n) is 17.6. The number of anilines is 1. The number of hydrogen-bond acceptors (Lipinski definition) is 2. The van der Waals surface area contributed by atoms with Crippen molar-refractivity contribution in [1.29, 1.82) is 0 Å². The molecule has 2 aromatic heterocycles. The molecule has 9 heteroatoms. The number of rotatable bonds is 4. The molecule has 172 valence electrons. The topological polar surface area (TPSA) is 33.1 Å². The lowest BCUT2D eigenvalue weighted by molar-refractivity contribution is -0.137. The summed E-state index contributed by atoms with van der Waals surface area (Å²) in [7, 11) is 0. The van der Waals surface area contributed by atoms with E-state index in [4.69, 9.17) is 12.2 Å². The first kappa shape index (κ1) is 22.6. The van der Waals surface area contributed by atoms with Crippen molar-refractivity contribution in [3.8, 4) is 5.69 Å². The van der Waals surface area contributed by atoms with Gasteiger partial charge in [0.05, 0.1) is 17.3 Å². The van der Waals surface area contributed by atoms with Crippen LogP contribution in [0.4, 0.5) is 18.9 Å². The number of aromatic nitrogens is 2. The highest BCUT2D eigenvalue weighted by Crippen LogP contribution is 2.42. The Morgan fingerprint density at radius 1 is 0.912 bits per heavy atom. The number of nitrogens with one attached hydrogen (secondary N) is 1. The van der Waals surface area contributed by atoms with Crippen molar-refractivity contribution in [2.75, 3.05) is 4.90 Å². The Bertz CT molecular complexity index is 1320. The highest BCUT2D eigenvalue weighted by atomic mass is 79.9. The quantitative estimate of drug-likeness (QED) is 0.286. The lowest BCUT2D eigenvalue weighted by Gasteiger charge is -2.29. The van der Waals surface area contributed by atoms with Gasteiger partial charge in [-0.05, 0) is 78.9 Å². The van der Waals surface area contributed by atoms with Crippen molar-refractivity contribution in [2.45, 2.75) is 18.3 Å². The minimum absolute atomic E-state index is 0.309. The van der Waals surface area contributed by atoms with E-state index >= 15 is 0 Å². The SMILES string of the molecule is FC(F)(F)c1cccc(-n2cccc2[C@@H]2[C@H](c3ccccn3)NC(=S)N2c2ccc(Br)cc2)c1. The summed E-state index contributed by atoms with van der Waals surface area (Å²) in [5.41, 5.74) is 2.15. The van der Waals surface area contributed by atoms with Crippen LogP contribution >= 0.6 is 28.1 Å². The molecule has 4 nitrogen and oxygen atoms in total. The molecule has 0 bridgehead atoms. The van der Waals surface area contributed by atoms with Gasteiger partial charge in [-0.1, -0.05) is 28.1 Å². The van der Waals surface area contributed by atoms with E-state index in [0.29, 0.717) is 10.8 Å². The van der Waals surface area contributed by atoms with Crippen molar-refractivity contribution in [2.24, 2.45) is 0 Å². The van der Waals surface area contributed by atoms with Gasteiger partial charge in [0.15, 0.2) is 5.11 Å². The van der Waals surface area contributed by atoms with Crippen LogP contribution in [0, 0.1) is 0 Å². The summed E-state index contributed by atoms with van der Waals surface area (Å²) in [5, 5.41) is 3.89.